The molecule has 0 saturated heterocycles. The van der Waals surface area contributed by atoms with Crippen LogP contribution in [0, 0.1) is 0 Å². The SMILES string of the molecule is COCC(NC(=O)N(C)c1cccc(O)c1)C(=O)O. The van der Waals surface area contributed by atoms with Crippen LogP contribution < -0.4 is 10.2 Å². The third-order valence-electron chi connectivity index (χ3n) is 2.45. The Kier molecular flexibility index (Phi) is 5.13. The average Bonchev–Trinajstić information content (AvgIpc) is 2.37. The molecule has 0 spiro atoms. The number of methoxy groups -OCH3 is 1. The van der Waals surface area contributed by atoms with Gasteiger partial charge >= 0.3 is 12.0 Å². The lowest BCUT2D eigenvalue weighted by Gasteiger charge is -2.21. The zero-order valence-electron chi connectivity index (χ0n) is 10.7. The molecule has 0 aliphatic carbocycles. The Morgan fingerprint density at radius 1 is 1.47 bits per heavy atom. The smallest absolute Gasteiger partial charge is 0.328 e. The van der Waals surface area contributed by atoms with Gasteiger partial charge in [0.25, 0.3) is 0 Å². The molecule has 0 aliphatic heterocycles. The second-order valence-electron chi connectivity index (χ2n) is 3.87. The van der Waals surface area contributed by atoms with E-state index in [-0.39, 0.29) is 12.4 Å². The number of urea groups is 1. The van der Waals surface area contributed by atoms with Gasteiger partial charge in [-0.15, -0.1) is 0 Å². The highest BCUT2D eigenvalue weighted by Gasteiger charge is 2.22. The monoisotopic (exact) mass is 268 g/mol. The minimum Gasteiger partial charge on any atom is -0.508 e. The highest BCUT2D eigenvalue weighted by molar-refractivity contribution is 5.94. The number of hydrogen-bond donors (Lipinski definition) is 3. The number of carboxylic acid groups (broad SMARTS) is 1. The molecule has 7 nitrogen and oxygen atoms in total. The molecule has 0 fully saturated rings. The maximum absolute atomic E-state index is 11.9. The fourth-order valence-electron chi connectivity index (χ4n) is 1.41. The molecule has 0 aliphatic rings. The van der Waals surface area contributed by atoms with Crippen molar-refractivity contribution in [3.8, 4) is 5.75 Å². The Morgan fingerprint density at radius 2 is 2.16 bits per heavy atom. The van der Waals surface area contributed by atoms with E-state index in [0.29, 0.717) is 5.69 Å². The molecule has 0 heterocycles. The van der Waals surface area contributed by atoms with Gasteiger partial charge in [-0.2, -0.15) is 0 Å². The van der Waals surface area contributed by atoms with Gasteiger partial charge in [0.15, 0.2) is 6.04 Å². The molecular weight excluding hydrogens is 252 g/mol. The number of amides is 2. The van der Waals surface area contributed by atoms with Crippen molar-refractivity contribution in [2.24, 2.45) is 0 Å². The lowest BCUT2D eigenvalue weighted by atomic mass is 10.3. The van der Waals surface area contributed by atoms with Gasteiger partial charge in [0.2, 0.25) is 0 Å². The van der Waals surface area contributed by atoms with Crippen LogP contribution >= 0.6 is 0 Å². The number of carboxylic acids is 1. The molecule has 0 saturated carbocycles. The quantitative estimate of drug-likeness (QED) is 0.727. The van der Waals surface area contributed by atoms with E-state index in [4.69, 9.17) is 9.84 Å². The van der Waals surface area contributed by atoms with Crippen LogP contribution in [0.2, 0.25) is 0 Å². The van der Waals surface area contributed by atoms with Crippen molar-refractivity contribution in [2.75, 3.05) is 25.7 Å². The van der Waals surface area contributed by atoms with Crippen LogP contribution in [-0.2, 0) is 9.53 Å². The Labute approximate surface area is 110 Å². The van der Waals surface area contributed by atoms with Crippen molar-refractivity contribution in [1.82, 2.24) is 5.32 Å². The normalized spacial score (nSPS) is 11.7. The molecular formula is C12H16N2O5. The van der Waals surface area contributed by atoms with E-state index in [1.54, 1.807) is 12.1 Å². The standard InChI is InChI=1S/C12H16N2O5/c1-14(8-4-3-5-9(15)6-8)12(18)13-10(7-19-2)11(16)17/h3-6,10,15H,7H2,1-2H3,(H,13,18)(H,16,17). The molecule has 3 N–H and O–H groups in total. The number of ether oxygens (including phenoxy) is 1. The van der Waals surface area contributed by atoms with Crippen molar-refractivity contribution < 1.29 is 24.5 Å². The molecule has 0 radical (unpaired) electrons. The van der Waals surface area contributed by atoms with E-state index in [1.165, 1.54) is 31.2 Å². The number of aromatic hydroxyl groups is 1. The summed E-state index contributed by atoms with van der Waals surface area (Å²) in [5.74, 6) is -1.16. The van der Waals surface area contributed by atoms with Crippen molar-refractivity contribution in [3.05, 3.63) is 24.3 Å². The second kappa shape index (κ2) is 6.60. The third-order valence-corrected chi connectivity index (χ3v) is 2.45. The molecule has 0 aromatic heterocycles. The Bertz CT molecular complexity index is 463. The number of benzene rings is 1. The molecule has 7 heteroatoms. The lowest BCUT2D eigenvalue weighted by Crippen LogP contribution is -2.48. The molecule has 19 heavy (non-hydrogen) atoms. The molecule has 1 aromatic rings. The summed E-state index contributed by atoms with van der Waals surface area (Å²) in [6.07, 6.45) is 0. The topological polar surface area (TPSA) is 99.1 Å². The van der Waals surface area contributed by atoms with Gasteiger partial charge in [0, 0.05) is 25.9 Å². The van der Waals surface area contributed by atoms with Gasteiger partial charge in [-0.1, -0.05) is 6.07 Å². The van der Waals surface area contributed by atoms with Crippen molar-refractivity contribution in [2.45, 2.75) is 6.04 Å². The van der Waals surface area contributed by atoms with Crippen LogP contribution in [0.25, 0.3) is 0 Å². The summed E-state index contributed by atoms with van der Waals surface area (Å²) in [6, 6.07) is 4.34. The highest BCUT2D eigenvalue weighted by Crippen LogP contribution is 2.18. The first-order valence-corrected chi connectivity index (χ1v) is 5.50. The lowest BCUT2D eigenvalue weighted by molar-refractivity contribution is -0.140. The van der Waals surface area contributed by atoms with Gasteiger partial charge in [-0.05, 0) is 12.1 Å². The number of phenols is 1. The first-order valence-electron chi connectivity index (χ1n) is 5.50. The van der Waals surface area contributed by atoms with Crippen molar-refractivity contribution >= 4 is 17.7 Å². The second-order valence-corrected chi connectivity index (χ2v) is 3.87. The minimum absolute atomic E-state index is 0.0174. The Balaban J connectivity index is 2.74. The number of hydrogen-bond acceptors (Lipinski definition) is 4. The van der Waals surface area contributed by atoms with Crippen LogP contribution in [0.5, 0.6) is 5.75 Å². The van der Waals surface area contributed by atoms with E-state index in [2.05, 4.69) is 5.32 Å². The van der Waals surface area contributed by atoms with Crippen LogP contribution in [-0.4, -0.2) is 49.0 Å². The number of carbonyl (C=O) groups excluding carboxylic acids is 1. The van der Waals surface area contributed by atoms with E-state index in [0.717, 1.165) is 0 Å². The third kappa shape index (κ3) is 4.14. The maximum Gasteiger partial charge on any atom is 0.328 e. The summed E-state index contributed by atoms with van der Waals surface area (Å²) in [6.45, 7) is -0.130. The number of nitrogens with zero attached hydrogens (tertiary/aromatic N) is 1. The number of phenolic OH excluding ortho intramolecular Hbond substituents is 1. The van der Waals surface area contributed by atoms with Gasteiger partial charge in [-0.25, -0.2) is 9.59 Å². The van der Waals surface area contributed by atoms with Crippen LogP contribution in [0.3, 0.4) is 0 Å². The van der Waals surface area contributed by atoms with Gasteiger partial charge in [0.1, 0.15) is 5.75 Å². The number of anilines is 1. The molecule has 1 rings (SSSR count). The van der Waals surface area contributed by atoms with Gasteiger partial charge < -0.3 is 20.3 Å². The molecule has 1 unspecified atom stereocenters. The van der Waals surface area contributed by atoms with E-state index >= 15 is 0 Å². The molecule has 1 aromatic carbocycles. The van der Waals surface area contributed by atoms with E-state index < -0.39 is 18.0 Å². The molecule has 2 amide bonds. The van der Waals surface area contributed by atoms with Crippen LogP contribution in [0.4, 0.5) is 10.5 Å². The van der Waals surface area contributed by atoms with Gasteiger partial charge in [0.05, 0.1) is 6.61 Å². The summed E-state index contributed by atoms with van der Waals surface area (Å²) in [5, 5.41) is 20.5. The first kappa shape index (κ1) is 14.8. The van der Waals surface area contributed by atoms with E-state index in [1.807, 2.05) is 0 Å². The summed E-state index contributed by atoms with van der Waals surface area (Å²) in [4.78, 5) is 23.9. The Hall–Kier alpha value is -2.28. The summed E-state index contributed by atoms with van der Waals surface area (Å²) >= 11 is 0. The van der Waals surface area contributed by atoms with Crippen molar-refractivity contribution in [1.29, 1.82) is 0 Å². The molecule has 1 atom stereocenters. The van der Waals surface area contributed by atoms with Crippen molar-refractivity contribution in [3.63, 3.8) is 0 Å². The number of rotatable bonds is 5. The minimum atomic E-state index is -1.18. The fraction of sp³-hybridized carbons (Fsp3) is 0.333. The molecule has 0 bridgehead atoms. The first-order chi connectivity index (χ1) is 8.95. The summed E-state index contributed by atoms with van der Waals surface area (Å²) < 4.78 is 4.72. The number of aliphatic carboxylic acids is 1. The predicted molar refractivity (Wildman–Crippen MR) is 68.3 cm³/mol. The largest absolute Gasteiger partial charge is 0.508 e. The Morgan fingerprint density at radius 3 is 2.68 bits per heavy atom. The zero-order chi connectivity index (χ0) is 14.4. The average molecular weight is 268 g/mol. The van der Waals surface area contributed by atoms with E-state index in [9.17, 15) is 14.7 Å². The van der Waals surface area contributed by atoms with Crippen LogP contribution in [0.15, 0.2) is 24.3 Å². The highest BCUT2D eigenvalue weighted by atomic mass is 16.5. The summed E-state index contributed by atoms with van der Waals surface area (Å²) in [5.41, 5.74) is 0.444. The fourth-order valence-corrected chi connectivity index (χ4v) is 1.41. The van der Waals surface area contributed by atoms with Gasteiger partial charge in [-0.3, -0.25) is 4.90 Å². The summed E-state index contributed by atoms with van der Waals surface area (Å²) in [7, 11) is 2.82. The number of nitrogens with one attached hydrogen (secondary N) is 1. The van der Waals surface area contributed by atoms with Crippen LogP contribution in [0.1, 0.15) is 0 Å². The molecule has 104 valence electrons. The number of carbonyl (C=O) groups is 2. The zero-order valence-corrected chi connectivity index (χ0v) is 10.7. The predicted octanol–water partition coefficient (Wildman–Crippen LogP) is 0.638. The maximum atomic E-state index is 11.9.